The van der Waals surface area contributed by atoms with Crippen LogP contribution in [0.25, 0.3) is 0 Å². The molecule has 0 bridgehead atoms. The third-order valence-corrected chi connectivity index (χ3v) is 8.87. The first-order valence-electron chi connectivity index (χ1n) is 15.8. The van der Waals surface area contributed by atoms with Crippen molar-refractivity contribution in [3.63, 3.8) is 0 Å². The number of alkyl halides is 5. The summed E-state index contributed by atoms with van der Waals surface area (Å²) in [6.45, 7) is 2.70. The Morgan fingerprint density at radius 1 is 0.959 bits per heavy atom. The van der Waals surface area contributed by atoms with Crippen LogP contribution in [0.3, 0.4) is 0 Å². The molecule has 3 aromatic carbocycles. The van der Waals surface area contributed by atoms with Gasteiger partial charge in [0, 0.05) is 6.54 Å². The summed E-state index contributed by atoms with van der Waals surface area (Å²) < 4.78 is 90.5. The van der Waals surface area contributed by atoms with Gasteiger partial charge in [-0.1, -0.05) is 31.2 Å². The number of carbonyl (C=O) groups excluding carboxylic acids is 2. The second-order valence-electron chi connectivity index (χ2n) is 11.8. The van der Waals surface area contributed by atoms with E-state index in [1.165, 1.54) is 7.11 Å². The van der Waals surface area contributed by atoms with Crippen molar-refractivity contribution in [1.82, 2.24) is 10.2 Å². The number of methoxy groups -OCH3 is 1. The summed E-state index contributed by atoms with van der Waals surface area (Å²) in [4.78, 5) is 27.7. The number of benzene rings is 3. The first-order chi connectivity index (χ1) is 23.3. The molecule has 2 atom stereocenters. The fourth-order valence-electron chi connectivity index (χ4n) is 5.97. The van der Waals surface area contributed by atoms with Crippen LogP contribution >= 0.6 is 0 Å². The molecule has 0 spiro atoms. The van der Waals surface area contributed by atoms with Gasteiger partial charge in [0.2, 0.25) is 5.60 Å². The van der Waals surface area contributed by atoms with Crippen molar-refractivity contribution < 1.29 is 55.6 Å². The number of hydrogen-bond donors (Lipinski definition) is 2. The SMILES string of the molecule is CCC1(c2ccc3c(c2)OCCO3)NC(=O)N(CCCCOc2ccc(C(O)(C(F)F)C(F)(F)F)cc2CCc2ccc(OC)cc2)C1=O. The molecule has 2 heterocycles. The molecule has 1 saturated heterocycles. The van der Waals surface area contributed by atoms with E-state index < -0.39 is 41.2 Å². The van der Waals surface area contributed by atoms with Gasteiger partial charge in [-0.15, -0.1) is 0 Å². The first-order valence-corrected chi connectivity index (χ1v) is 15.8. The molecule has 2 aliphatic rings. The lowest BCUT2D eigenvalue weighted by molar-refractivity contribution is -0.305. The lowest BCUT2D eigenvalue weighted by Gasteiger charge is -2.30. The normalized spacial score (nSPS) is 18.8. The van der Waals surface area contributed by atoms with Crippen molar-refractivity contribution in [2.75, 3.05) is 33.5 Å². The Bertz CT molecular complexity index is 1650. The summed E-state index contributed by atoms with van der Waals surface area (Å²) in [5.41, 5.74) is -5.07. The summed E-state index contributed by atoms with van der Waals surface area (Å²) >= 11 is 0. The van der Waals surface area contributed by atoms with Crippen molar-refractivity contribution in [3.8, 4) is 23.0 Å². The zero-order valence-electron chi connectivity index (χ0n) is 26.9. The molecule has 9 nitrogen and oxygen atoms in total. The maximum Gasteiger partial charge on any atom is 0.427 e. The standard InChI is InChI=1S/C35H37F5N2O7/c1-3-33(24-10-15-28-29(21-24)49-19-18-48-28)31(43)42(32(44)41-33)16-4-5-17-47-27-14-11-25(34(45,30(36)37)35(38,39)40)20-23(27)9-6-22-7-12-26(46-2)13-8-22/h7-8,10-15,20-21,30,45H,3-6,9,16-19H2,1-2H3,(H,41,44). The molecule has 49 heavy (non-hydrogen) atoms. The van der Waals surface area contributed by atoms with Crippen molar-refractivity contribution in [1.29, 1.82) is 0 Å². The monoisotopic (exact) mass is 692 g/mol. The summed E-state index contributed by atoms with van der Waals surface area (Å²) in [6, 6.07) is 14.4. The van der Waals surface area contributed by atoms with Crippen molar-refractivity contribution >= 4 is 11.9 Å². The summed E-state index contributed by atoms with van der Waals surface area (Å²) in [5.74, 6) is 1.40. The van der Waals surface area contributed by atoms with E-state index in [0.29, 0.717) is 61.7 Å². The number of aliphatic hydroxyl groups is 1. The zero-order valence-corrected chi connectivity index (χ0v) is 26.9. The number of ether oxygens (including phenoxy) is 4. The van der Waals surface area contributed by atoms with E-state index in [1.807, 2.05) is 0 Å². The molecule has 0 aliphatic carbocycles. The Kier molecular flexibility index (Phi) is 10.6. The molecule has 0 radical (unpaired) electrons. The lowest BCUT2D eigenvalue weighted by Crippen LogP contribution is -2.48. The minimum absolute atomic E-state index is 0.0536. The molecule has 3 amide bonds. The van der Waals surface area contributed by atoms with Crippen LogP contribution in [-0.4, -0.2) is 68.0 Å². The van der Waals surface area contributed by atoms with E-state index in [2.05, 4.69) is 5.32 Å². The Balaban J connectivity index is 1.25. The molecule has 264 valence electrons. The summed E-state index contributed by atoms with van der Waals surface area (Å²) in [7, 11) is 1.51. The van der Waals surface area contributed by atoms with E-state index in [-0.39, 0.29) is 30.9 Å². The van der Waals surface area contributed by atoms with Crippen LogP contribution < -0.4 is 24.3 Å². The molecule has 0 aromatic heterocycles. The maximum absolute atomic E-state index is 13.7. The highest BCUT2D eigenvalue weighted by Gasteiger charge is 2.61. The number of imide groups is 1. The average molecular weight is 693 g/mol. The molecule has 5 rings (SSSR count). The van der Waals surface area contributed by atoms with E-state index in [0.717, 1.165) is 28.7 Å². The van der Waals surface area contributed by atoms with E-state index in [9.17, 15) is 36.6 Å². The third-order valence-electron chi connectivity index (χ3n) is 8.87. The lowest BCUT2D eigenvalue weighted by atomic mass is 9.87. The van der Waals surface area contributed by atoms with E-state index in [4.69, 9.17) is 18.9 Å². The van der Waals surface area contributed by atoms with Gasteiger partial charge in [-0.2, -0.15) is 13.2 Å². The van der Waals surface area contributed by atoms with Crippen LogP contribution in [0.5, 0.6) is 23.0 Å². The average Bonchev–Trinajstić information content (AvgIpc) is 3.35. The van der Waals surface area contributed by atoms with Gasteiger partial charge in [-0.3, -0.25) is 9.69 Å². The number of nitrogens with zero attached hydrogens (tertiary/aromatic N) is 1. The Morgan fingerprint density at radius 3 is 2.33 bits per heavy atom. The minimum atomic E-state index is -5.63. The molecular weight excluding hydrogens is 655 g/mol. The van der Waals surface area contributed by atoms with Gasteiger partial charge in [-0.05, 0) is 90.8 Å². The number of urea groups is 1. The van der Waals surface area contributed by atoms with Gasteiger partial charge in [0.05, 0.1) is 13.7 Å². The maximum atomic E-state index is 13.7. The molecule has 1 fully saturated rings. The Morgan fingerprint density at radius 2 is 1.67 bits per heavy atom. The van der Waals surface area contributed by atoms with Gasteiger partial charge in [-0.25, -0.2) is 13.6 Å². The van der Waals surface area contributed by atoms with Crippen LogP contribution in [0.15, 0.2) is 60.7 Å². The second kappa shape index (κ2) is 14.5. The van der Waals surface area contributed by atoms with Crippen LogP contribution in [0.1, 0.15) is 48.4 Å². The molecule has 2 aliphatic heterocycles. The van der Waals surface area contributed by atoms with Crippen LogP contribution in [0.2, 0.25) is 0 Å². The fraction of sp³-hybridized carbons (Fsp3) is 0.429. The summed E-state index contributed by atoms with van der Waals surface area (Å²) in [5, 5.41) is 13.0. The van der Waals surface area contributed by atoms with E-state index in [1.54, 1.807) is 49.4 Å². The van der Waals surface area contributed by atoms with Gasteiger partial charge < -0.3 is 29.4 Å². The molecule has 2 unspecified atom stereocenters. The third kappa shape index (κ3) is 7.10. The van der Waals surface area contributed by atoms with Crippen molar-refractivity contribution in [3.05, 3.63) is 82.9 Å². The Labute approximate surface area is 279 Å². The predicted octanol–water partition coefficient (Wildman–Crippen LogP) is 6.28. The number of halogens is 5. The predicted molar refractivity (Wildman–Crippen MR) is 167 cm³/mol. The molecule has 0 saturated carbocycles. The van der Waals surface area contributed by atoms with Gasteiger partial charge in [0.25, 0.3) is 12.3 Å². The Hall–Kier alpha value is -4.59. The molecule has 2 N–H and O–H groups in total. The number of aryl methyl sites for hydroxylation is 2. The van der Waals surface area contributed by atoms with E-state index >= 15 is 0 Å². The number of amides is 3. The van der Waals surface area contributed by atoms with Crippen molar-refractivity contribution in [2.45, 2.75) is 62.8 Å². The van der Waals surface area contributed by atoms with Crippen LogP contribution in [0, 0.1) is 0 Å². The van der Waals surface area contributed by atoms with Gasteiger partial charge in [0.1, 0.15) is 30.3 Å². The minimum Gasteiger partial charge on any atom is -0.497 e. The highest BCUT2D eigenvalue weighted by atomic mass is 19.4. The quantitative estimate of drug-likeness (QED) is 0.116. The second-order valence-corrected chi connectivity index (χ2v) is 11.8. The van der Waals surface area contributed by atoms with Gasteiger partial charge in [0.15, 0.2) is 11.5 Å². The van der Waals surface area contributed by atoms with Crippen molar-refractivity contribution in [2.24, 2.45) is 0 Å². The largest absolute Gasteiger partial charge is 0.497 e. The molecule has 14 heteroatoms. The first kappa shape index (κ1) is 35.7. The number of nitrogens with one attached hydrogen (secondary N) is 1. The molecular formula is C35H37F5N2O7. The van der Waals surface area contributed by atoms with Crippen LogP contribution in [0.4, 0.5) is 26.7 Å². The topological polar surface area (TPSA) is 107 Å². The number of unbranched alkanes of at least 4 members (excludes halogenated alkanes) is 1. The number of hydrogen-bond acceptors (Lipinski definition) is 7. The number of fused-ring (bicyclic) bond motifs is 1. The number of carbonyl (C=O) groups is 2. The van der Waals surface area contributed by atoms with Crippen LogP contribution in [-0.2, 0) is 28.8 Å². The highest BCUT2D eigenvalue weighted by Crippen LogP contribution is 2.45. The number of rotatable bonds is 14. The summed E-state index contributed by atoms with van der Waals surface area (Å²) in [6.07, 6.45) is -8.32. The molecule has 3 aromatic rings. The van der Waals surface area contributed by atoms with Gasteiger partial charge >= 0.3 is 12.2 Å². The zero-order chi connectivity index (χ0) is 35.4. The highest BCUT2D eigenvalue weighted by molar-refractivity contribution is 6.07. The fourth-order valence-corrected chi connectivity index (χ4v) is 5.97. The smallest absolute Gasteiger partial charge is 0.427 e.